The van der Waals surface area contributed by atoms with Gasteiger partial charge in [0.15, 0.2) is 11.5 Å². The second-order valence-corrected chi connectivity index (χ2v) is 6.14. The summed E-state index contributed by atoms with van der Waals surface area (Å²) in [4.78, 5) is 0. The highest BCUT2D eigenvalue weighted by molar-refractivity contribution is 8.00. The highest BCUT2D eigenvalue weighted by Crippen LogP contribution is 2.38. The number of halogens is 2. The molecule has 112 valence electrons. The zero-order chi connectivity index (χ0) is 14.5. The maximum Gasteiger partial charge on any atom is 0.387 e. The minimum absolute atomic E-state index is 0.0828. The molecule has 1 aliphatic rings. The van der Waals surface area contributed by atoms with Gasteiger partial charge in [0.25, 0.3) is 0 Å². The number of rotatable bonds is 5. The smallest absolute Gasteiger partial charge is 0.387 e. The average Bonchev–Trinajstić information content (AvgIpc) is 2.40. The summed E-state index contributed by atoms with van der Waals surface area (Å²) < 4.78 is 34.6. The van der Waals surface area contributed by atoms with Gasteiger partial charge >= 0.3 is 6.61 Å². The Labute approximate surface area is 122 Å². The predicted octanol–water partition coefficient (Wildman–Crippen LogP) is 3.80. The van der Waals surface area contributed by atoms with E-state index in [2.05, 4.69) is 17.0 Å². The molecule has 2 rings (SSSR count). The molecule has 2 atom stereocenters. The van der Waals surface area contributed by atoms with Crippen LogP contribution in [0.25, 0.3) is 0 Å². The number of nitrogens with one attached hydrogen (secondary N) is 1. The van der Waals surface area contributed by atoms with Crippen LogP contribution in [0.4, 0.5) is 8.78 Å². The van der Waals surface area contributed by atoms with Crippen molar-refractivity contribution in [2.24, 2.45) is 0 Å². The van der Waals surface area contributed by atoms with Crippen LogP contribution in [0.5, 0.6) is 11.5 Å². The fourth-order valence-corrected chi connectivity index (χ4v) is 3.35. The number of thioether (sulfide) groups is 1. The van der Waals surface area contributed by atoms with Gasteiger partial charge in [0.2, 0.25) is 0 Å². The molecule has 0 aromatic heterocycles. The molecule has 1 aromatic rings. The van der Waals surface area contributed by atoms with Gasteiger partial charge in [-0.3, -0.25) is 0 Å². The number of ether oxygens (including phenoxy) is 2. The van der Waals surface area contributed by atoms with Crippen molar-refractivity contribution in [3.8, 4) is 11.5 Å². The minimum atomic E-state index is -2.85. The van der Waals surface area contributed by atoms with Crippen LogP contribution >= 0.6 is 11.8 Å². The van der Waals surface area contributed by atoms with Crippen molar-refractivity contribution in [2.45, 2.75) is 37.5 Å². The lowest BCUT2D eigenvalue weighted by molar-refractivity contribution is -0.0514. The quantitative estimate of drug-likeness (QED) is 0.896. The van der Waals surface area contributed by atoms with Gasteiger partial charge in [-0.05, 0) is 37.6 Å². The first-order chi connectivity index (χ1) is 9.60. The van der Waals surface area contributed by atoms with Crippen molar-refractivity contribution >= 4 is 11.8 Å². The molecule has 1 fully saturated rings. The van der Waals surface area contributed by atoms with Crippen molar-refractivity contribution in [1.82, 2.24) is 5.32 Å². The fraction of sp³-hybridized carbons (Fsp3) is 0.571. The summed E-state index contributed by atoms with van der Waals surface area (Å²) in [5.41, 5.74) is 1.02. The number of hydrogen-bond acceptors (Lipinski definition) is 4. The molecule has 1 N–H and O–H groups in total. The lowest BCUT2D eigenvalue weighted by Gasteiger charge is -2.28. The van der Waals surface area contributed by atoms with E-state index in [1.165, 1.54) is 0 Å². The lowest BCUT2D eigenvalue weighted by Crippen LogP contribution is -2.28. The zero-order valence-electron chi connectivity index (χ0n) is 11.6. The molecule has 3 nitrogen and oxygen atoms in total. The molecule has 6 heteroatoms. The highest BCUT2D eigenvalue weighted by Gasteiger charge is 2.22. The summed E-state index contributed by atoms with van der Waals surface area (Å²) in [5.74, 6) is 0.449. The van der Waals surface area contributed by atoms with Crippen LogP contribution in [0.1, 0.15) is 31.2 Å². The standard InChI is InChI=1S/C14H19F2NO2S/c1-3-18-12-8-10(4-5-11(12)19-14(15)16)13-17-7-6-9(2)20-13/h4-5,8-9,13-14,17H,3,6-7H2,1-2H3. The second-order valence-electron chi connectivity index (χ2n) is 4.59. The Morgan fingerprint density at radius 1 is 1.40 bits per heavy atom. The first kappa shape index (κ1) is 15.4. The molecule has 2 unspecified atom stereocenters. The molecule has 1 aromatic carbocycles. The van der Waals surface area contributed by atoms with E-state index >= 15 is 0 Å². The first-order valence-corrected chi connectivity index (χ1v) is 7.64. The van der Waals surface area contributed by atoms with E-state index in [0.29, 0.717) is 17.6 Å². The van der Waals surface area contributed by atoms with E-state index in [1.54, 1.807) is 12.1 Å². The molecule has 0 bridgehead atoms. The number of benzene rings is 1. The summed E-state index contributed by atoms with van der Waals surface area (Å²) >= 11 is 1.83. The Bertz CT molecular complexity index is 445. The van der Waals surface area contributed by atoms with Crippen LogP contribution in [-0.4, -0.2) is 25.0 Å². The van der Waals surface area contributed by atoms with Gasteiger partial charge in [0, 0.05) is 5.25 Å². The molecule has 0 saturated carbocycles. The van der Waals surface area contributed by atoms with Gasteiger partial charge in [-0.1, -0.05) is 13.0 Å². The summed E-state index contributed by atoms with van der Waals surface area (Å²) in [7, 11) is 0. The lowest BCUT2D eigenvalue weighted by atomic mass is 10.2. The van der Waals surface area contributed by atoms with E-state index in [0.717, 1.165) is 18.5 Å². The summed E-state index contributed by atoms with van der Waals surface area (Å²) in [6, 6.07) is 5.14. The van der Waals surface area contributed by atoms with Crippen LogP contribution in [0.3, 0.4) is 0 Å². The van der Waals surface area contributed by atoms with Crippen LogP contribution < -0.4 is 14.8 Å². The second kappa shape index (κ2) is 7.13. The van der Waals surface area contributed by atoms with Crippen LogP contribution in [0.2, 0.25) is 0 Å². The maximum absolute atomic E-state index is 12.4. The Morgan fingerprint density at radius 2 is 2.20 bits per heavy atom. The zero-order valence-corrected chi connectivity index (χ0v) is 12.4. The topological polar surface area (TPSA) is 30.5 Å². The summed E-state index contributed by atoms with van der Waals surface area (Å²) in [6.45, 7) is 2.52. The van der Waals surface area contributed by atoms with E-state index in [4.69, 9.17) is 4.74 Å². The fourth-order valence-electron chi connectivity index (χ4n) is 2.11. The Balaban J connectivity index is 2.19. The van der Waals surface area contributed by atoms with Crippen molar-refractivity contribution in [3.05, 3.63) is 23.8 Å². The Hall–Kier alpha value is -1.01. The van der Waals surface area contributed by atoms with E-state index in [9.17, 15) is 8.78 Å². The van der Waals surface area contributed by atoms with Gasteiger partial charge in [-0.2, -0.15) is 8.78 Å². The normalized spacial score (nSPS) is 22.9. The number of alkyl halides is 2. The molecular weight excluding hydrogens is 284 g/mol. The first-order valence-electron chi connectivity index (χ1n) is 6.70. The number of hydrogen-bond donors (Lipinski definition) is 1. The monoisotopic (exact) mass is 303 g/mol. The van der Waals surface area contributed by atoms with E-state index < -0.39 is 6.61 Å². The highest BCUT2D eigenvalue weighted by atomic mass is 32.2. The summed E-state index contributed by atoms with van der Waals surface area (Å²) in [5, 5.41) is 4.16. The van der Waals surface area contributed by atoms with Crippen molar-refractivity contribution < 1.29 is 18.3 Å². The molecule has 20 heavy (non-hydrogen) atoms. The van der Waals surface area contributed by atoms with Crippen LogP contribution in [0, 0.1) is 0 Å². The van der Waals surface area contributed by atoms with Gasteiger partial charge < -0.3 is 14.8 Å². The molecule has 1 heterocycles. The van der Waals surface area contributed by atoms with Gasteiger partial charge in [0.05, 0.1) is 12.0 Å². The minimum Gasteiger partial charge on any atom is -0.490 e. The molecule has 1 aliphatic heterocycles. The van der Waals surface area contributed by atoms with Gasteiger partial charge in [-0.15, -0.1) is 11.8 Å². The third-order valence-corrected chi connectivity index (χ3v) is 4.45. The maximum atomic E-state index is 12.4. The van der Waals surface area contributed by atoms with Gasteiger partial charge in [0.1, 0.15) is 0 Å². The molecule has 0 amide bonds. The molecule has 1 saturated heterocycles. The van der Waals surface area contributed by atoms with Crippen LogP contribution in [0.15, 0.2) is 18.2 Å². The van der Waals surface area contributed by atoms with Gasteiger partial charge in [-0.25, -0.2) is 0 Å². The predicted molar refractivity (Wildman–Crippen MR) is 76.7 cm³/mol. The third kappa shape index (κ3) is 3.99. The molecule has 0 aliphatic carbocycles. The molecule has 0 spiro atoms. The largest absolute Gasteiger partial charge is 0.490 e. The SMILES string of the molecule is CCOc1cc(C2NCCC(C)S2)ccc1OC(F)F. The third-order valence-electron chi connectivity index (χ3n) is 3.04. The average molecular weight is 303 g/mol. The van der Waals surface area contributed by atoms with Crippen molar-refractivity contribution in [1.29, 1.82) is 0 Å². The van der Waals surface area contributed by atoms with Crippen LogP contribution in [-0.2, 0) is 0 Å². The van der Waals surface area contributed by atoms with E-state index in [-0.39, 0.29) is 11.1 Å². The van der Waals surface area contributed by atoms with Crippen molar-refractivity contribution in [3.63, 3.8) is 0 Å². The Kier molecular flexibility index (Phi) is 5.48. The van der Waals surface area contributed by atoms with E-state index in [1.807, 2.05) is 24.8 Å². The van der Waals surface area contributed by atoms with Crippen molar-refractivity contribution in [2.75, 3.05) is 13.2 Å². The molecular formula is C14H19F2NO2S. The summed E-state index contributed by atoms with van der Waals surface area (Å²) in [6.07, 6.45) is 1.13. The Morgan fingerprint density at radius 3 is 2.85 bits per heavy atom. The molecule has 0 radical (unpaired) electrons.